The van der Waals surface area contributed by atoms with Crippen LogP contribution in [0.1, 0.15) is 15.9 Å². The molecule has 0 saturated carbocycles. The summed E-state index contributed by atoms with van der Waals surface area (Å²) in [5.41, 5.74) is 0.761. The van der Waals surface area contributed by atoms with Gasteiger partial charge in [0.1, 0.15) is 5.82 Å². The Morgan fingerprint density at radius 3 is 2.35 bits per heavy atom. The maximum atomic E-state index is 13.7. The van der Waals surface area contributed by atoms with E-state index in [1.807, 2.05) is 0 Å². The van der Waals surface area contributed by atoms with Crippen molar-refractivity contribution in [3.05, 3.63) is 83.7 Å². The Morgan fingerprint density at radius 1 is 1.00 bits per heavy atom. The van der Waals surface area contributed by atoms with Gasteiger partial charge < -0.3 is 14.8 Å². The highest BCUT2D eigenvalue weighted by Crippen LogP contribution is 2.29. The number of benzene rings is 3. The van der Waals surface area contributed by atoms with E-state index >= 15 is 0 Å². The zero-order valence-corrected chi connectivity index (χ0v) is 18.7. The van der Waals surface area contributed by atoms with Crippen LogP contribution in [0.4, 0.5) is 18.9 Å². The van der Waals surface area contributed by atoms with Crippen molar-refractivity contribution in [1.82, 2.24) is 5.32 Å². The lowest BCUT2D eigenvalue weighted by atomic mass is 10.1. The molecule has 7 nitrogen and oxygen atoms in total. The lowest BCUT2D eigenvalue weighted by Gasteiger charge is -2.12. The van der Waals surface area contributed by atoms with Gasteiger partial charge in [-0.25, -0.2) is 12.8 Å². The van der Waals surface area contributed by atoms with Gasteiger partial charge in [0.2, 0.25) is 0 Å². The number of amides is 1. The van der Waals surface area contributed by atoms with Gasteiger partial charge in [-0.3, -0.25) is 9.52 Å². The molecule has 3 aromatic rings. The molecular weight excluding hydrogens is 473 g/mol. The number of carbonyl (C=O) groups is 1. The number of carbonyl (C=O) groups excluding carboxylic acids is 1. The highest BCUT2D eigenvalue weighted by Gasteiger charge is 2.17. The highest BCUT2D eigenvalue weighted by atomic mass is 32.2. The van der Waals surface area contributed by atoms with Crippen LogP contribution in [-0.2, 0) is 16.4 Å². The lowest BCUT2D eigenvalue weighted by Crippen LogP contribution is -2.25. The van der Waals surface area contributed by atoms with E-state index in [4.69, 9.17) is 4.74 Å². The zero-order valence-electron chi connectivity index (χ0n) is 17.9. The molecule has 0 spiro atoms. The van der Waals surface area contributed by atoms with Crippen molar-refractivity contribution in [2.45, 2.75) is 17.9 Å². The fourth-order valence-electron chi connectivity index (χ4n) is 3.02. The summed E-state index contributed by atoms with van der Waals surface area (Å²) in [6.45, 7) is -2.75. The molecule has 34 heavy (non-hydrogen) atoms. The van der Waals surface area contributed by atoms with Gasteiger partial charge in [0, 0.05) is 12.1 Å². The molecule has 2 N–H and O–H groups in total. The molecule has 0 aliphatic carbocycles. The van der Waals surface area contributed by atoms with Crippen LogP contribution in [0.3, 0.4) is 0 Å². The maximum Gasteiger partial charge on any atom is 0.387 e. The summed E-state index contributed by atoms with van der Waals surface area (Å²) in [7, 11) is -2.71. The molecule has 3 aromatic carbocycles. The van der Waals surface area contributed by atoms with Crippen molar-refractivity contribution in [3.8, 4) is 11.5 Å². The fraction of sp³-hybridized carbons (Fsp3) is 0.174. The number of sulfonamides is 1. The van der Waals surface area contributed by atoms with Crippen LogP contribution < -0.4 is 19.5 Å². The summed E-state index contributed by atoms with van der Waals surface area (Å²) in [4.78, 5) is 12.2. The number of halogens is 3. The van der Waals surface area contributed by atoms with E-state index < -0.39 is 28.4 Å². The van der Waals surface area contributed by atoms with E-state index in [1.165, 1.54) is 61.7 Å². The molecule has 0 radical (unpaired) electrons. The van der Waals surface area contributed by atoms with Crippen molar-refractivity contribution in [2.24, 2.45) is 0 Å². The van der Waals surface area contributed by atoms with Crippen LogP contribution >= 0.6 is 0 Å². The fourth-order valence-corrected chi connectivity index (χ4v) is 4.08. The zero-order chi connectivity index (χ0) is 24.7. The Bertz CT molecular complexity index is 1250. The predicted molar refractivity (Wildman–Crippen MR) is 119 cm³/mol. The van der Waals surface area contributed by atoms with Crippen LogP contribution in [0.15, 0.2) is 71.6 Å². The van der Waals surface area contributed by atoms with Crippen molar-refractivity contribution in [3.63, 3.8) is 0 Å². The molecule has 3 rings (SSSR count). The molecule has 0 bridgehead atoms. The van der Waals surface area contributed by atoms with Gasteiger partial charge >= 0.3 is 6.61 Å². The highest BCUT2D eigenvalue weighted by molar-refractivity contribution is 7.92. The minimum Gasteiger partial charge on any atom is -0.493 e. The summed E-state index contributed by atoms with van der Waals surface area (Å²) in [6, 6.07) is 15.0. The standard InChI is InChI=1S/C23H21F3N2O5S/c1-32-21-14-15(6-11-20(21)33-23(25)26)12-13-27-22(29)16-7-9-17(10-8-16)34(30,31)28-19-5-3-2-4-18(19)24/h2-11,14,23,28H,12-13H2,1H3,(H,27,29). The van der Waals surface area contributed by atoms with E-state index in [-0.39, 0.29) is 34.2 Å². The number of alkyl halides is 2. The summed E-state index contributed by atoms with van der Waals surface area (Å²) in [6.07, 6.45) is 0.385. The van der Waals surface area contributed by atoms with Crippen molar-refractivity contribution in [2.75, 3.05) is 18.4 Å². The molecule has 0 saturated heterocycles. The van der Waals surface area contributed by atoms with Crippen molar-refractivity contribution >= 4 is 21.6 Å². The van der Waals surface area contributed by atoms with Crippen molar-refractivity contribution in [1.29, 1.82) is 0 Å². The third-order valence-electron chi connectivity index (χ3n) is 4.69. The molecular formula is C23H21F3N2O5S. The molecule has 0 atom stereocenters. The topological polar surface area (TPSA) is 93.7 Å². The third-order valence-corrected chi connectivity index (χ3v) is 6.07. The van der Waals surface area contributed by atoms with Gasteiger partial charge in [-0.15, -0.1) is 0 Å². The van der Waals surface area contributed by atoms with E-state index in [0.29, 0.717) is 6.42 Å². The van der Waals surface area contributed by atoms with Crippen LogP contribution in [0.5, 0.6) is 11.5 Å². The number of anilines is 1. The SMILES string of the molecule is COc1cc(CCNC(=O)c2ccc(S(=O)(=O)Nc3ccccc3F)cc2)ccc1OC(F)F. The van der Waals surface area contributed by atoms with Crippen LogP contribution in [-0.4, -0.2) is 34.6 Å². The van der Waals surface area contributed by atoms with Gasteiger partial charge in [0.15, 0.2) is 11.5 Å². The first-order chi connectivity index (χ1) is 16.2. The van der Waals surface area contributed by atoms with Gasteiger partial charge in [-0.2, -0.15) is 8.78 Å². The Morgan fingerprint density at radius 2 is 1.71 bits per heavy atom. The monoisotopic (exact) mass is 494 g/mol. The third kappa shape index (κ3) is 6.41. The largest absolute Gasteiger partial charge is 0.493 e. The molecule has 0 fully saturated rings. The average molecular weight is 494 g/mol. The van der Waals surface area contributed by atoms with E-state index in [2.05, 4.69) is 14.8 Å². The summed E-state index contributed by atoms with van der Waals surface area (Å²) in [5, 5.41) is 2.69. The number of para-hydroxylation sites is 1. The minimum atomic E-state index is -4.04. The summed E-state index contributed by atoms with van der Waals surface area (Å²) >= 11 is 0. The average Bonchev–Trinajstić information content (AvgIpc) is 2.81. The first-order valence-corrected chi connectivity index (χ1v) is 11.5. The van der Waals surface area contributed by atoms with Gasteiger partial charge in [0.25, 0.3) is 15.9 Å². The number of methoxy groups -OCH3 is 1. The van der Waals surface area contributed by atoms with Crippen LogP contribution in [0.2, 0.25) is 0 Å². The van der Waals surface area contributed by atoms with Crippen LogP contribution in [0, 0.1) is 5.82 Å². The van der Waals surface area contributed by atoms with Gasteiger partial charge in [-0.05, 0) is 60.5 Å². The van der Waals surface area contributed by atoms with Crippen molar-refractivity contribution < 1.29 is 35.9 Å². The first kappa shape index (κ1) is 24.9. The van der Waals surface area contributed by atoms with E-state index in [9.17, 15) is 26.4 Å². The Hall–Kier alpha value is -3.73. The predicted octanol–water partition coefficient (Wildman–Crippen LogP) is 4.21. The number of ether oxygens (including phenoxy) is 2. The molecule has 0 aromatic heterocycles. The van der Waals surface area contributed by atoms with Crippen LogP contribution in [0.25, 0.3) is 0 Å². The summed E-state index contributed by atoms with van der Waals surface area (Å²) in [5.74, 6) is -1.10. The second-order valence-corrected chi connectivity index (χ2v) is 8.66. The summed E-state index contributed by atoms with van der Waals surface area (Å²) < 4.78 is 75.1. The molecule has 1 amide bonds. The number of nitrogens with one attached hydrogen (secondary N) is 2. The molecule has 0 aliphatic heterocycles. The number of hydrogen-bond acceptors (Lipinski definition) is 5. The normalized spacial score (nSPS) is 11.2. The van der Waals surface area contributed by atoms with Gasteiger partial charge in [0.05, 0.1) is 17.7 Å². The molecule has 180 valence electrons. The van der Waals surface area contributed by atoms with E-state index in [1.54, 1.807) is 6.07 Å². The number of hydrogen-bond donors (Lipinski definition) is 2. The lowest BCUT2D eigenvalue weighted by molar-refractivity contribution is -0.0512. The van der Waals surface area contributed by atoms with E-state index in [0.717, 1.165) is 11.6 Å². The number of rotatable bonds is 10. The minimum absolute atomic E-state index is 0.0928. The molecule has 0 heterocycles. The smallest absolute Gasteiger partial charge is 0.387 e. The Kier molecular flexibility index (Phi) is 8.00. The molecule has 0 unspecified atom stereocenters. The second kappa shape index (κ2) is 10.9. The Labute approximate surface area is 194 Å². The van der Waals surface area contributed by atoms with Gasteiger partial charge in [-0.1, -0.05) is 18.2 Å². The second-order valence-electron chi connectivity index (χ2n) is 6.98. The first-order valence-electron chi connectivity index (χ1n) is 9.97. The molecule has 11 heteroatoms. The maximum absolute atomic E-state index is 13.7. The quantitative estimate of drug-likeness (QED) is 0.441. The Balaban J connectivity index is 1.58. The molecule has 0 aliphatic rings.